The lowest BCUT2D eigenvalue weighted by molar-refractivity contribution is 0.165. The maximum Gasteiger partial charge on any atom is 0.322 e. The van der Waals surface area contributed by atoms with Crippen LogP contribution in [-0.4, -0.2) is 35.7 Å². The number of aromatic nitrogens is 1. The molecule has 1 fully saturated rings. The van der Waals surface area contributed by atoms with E-state index in [1.54, 1.807) is 24.5 Å². The minimum Gasteiger partial charge on any atom is -0.486 e. The number of hydrogen-bond donors (Lipinski definition) is 1. The number of urea groups is 1. The molecule has 3 heterocycles. The summed E-state index contributed by atoms with van der Waals surface area (Å²) in [6.45, 7) is 1.83. The summed E-state index contributed by atoms with van der Waals surface area (Å²) in [5.74, 6) is 1.54. The molecule has 24 heavy (non-hydrogen) atoms. The lowest BCUT2D eigenvalue weighted by atomic mass is 10.0. The SMILES string of the molecule is O=C(Nc1ccncc1)N1CCC[C@@H]1c1cccc2c1OCCO2. The minimum atomic E-state index is -0.0990. The molecule has 2 amide bonds. The van der Waals surface area contributed by atoms with Gasteiger partial charge in [-0.05, 0) is 31.0 Å². The van der Waals surface area contributed by atoms with Gasteiger partial charge in [0.1, 0.15) is 13.2 Å². The van der Waals surface area contributed by atoms with Gasteiger partial charge in [-0.15, -0.1) is 0 Å². The maximum absolute atomic E-state index is 12.7. The summed E-state index contributed by atoms with van der Waals surface area (Å²) in [6.07, 6.45) is 5.22. The largest absolute Gasteiger partial charge is 0.486 e. The number of amides is 2. The lowest BCUT2D eigenvalue weighted by Crippen LogP contribution is -2.34. The standard InChI is InChI=1S/C18H19N3O3/c22-18(20-13-6-8-19-9-7-13)21-10-2-4-15(21)14-3-1-5-16-17(14)24-12-11-23-16/h1,3,5-9,15H,2,4,10-12H2,(H,19,20,22)/t15-/m1/s1. The first-order valence-electron chi connectivity index (χ1n) is 8.19. The number of anilines is 1. The fourth-order valence-electron chi connectivity index (χ4n) is 3.32. The molecule has 0 radical (unpaired) electrons. The molecular weight excluding hydrogens is 306 g/mol. The smallest absolute Gasteiger partial charge is 0.322 e. The quantitative estimate of drug-likeness (QED) is 0.921. The first kappa shape index (κ1) is 14.8. The van der Waals surface area contributed by atoms with Crippen molar-refractivity contribution < 1.29 is 14.3 Å². The Morgan fingerprint density at radius 1 is 1.17 bits per heavy atom. The molecule has 4 rings (SSSR count). The number of rotatable bonds is 2. The van der Waals surface area contributed by atoms with Gasteiger partial charge in [0.05, 0.1) is 6.04 Å². The van der Waals surface area contributed by atoms with Gasteiger partial charge in [0.2, 0.25) is 0 Å². The van der Waals surface area contributed by atoms with Gasteiger partial charge in [0.15, 0.2) is 11.5 Å². The van der Waals surface area contributed by atoms with Gasteiger partial charge in [0.25, 0.3) is 0 Å². The van der Waals surface area contributed by atoms with Crippen molar-refractivity contribution in [2.45, 2.75) is 18.9 Å². The van der Waals surface area contributed by atoms with E-state index in [2.05, 4.69) is 10.3 Å². The van der Waals surface area contributed by atoms with Crippen LogP contribution < -0.4 is 14.8 Å². The summed E-state index contributed by atoms with van der Waals surface area (Å²) in [4.78, 5) is 18.5. The molecule has 0 bridgehead atoms. The fourth-order valence-corrected chi connectivity index (χ4v) is 3.32. The summed E-state index contributed by atoms with van der Waals surface area (Å²) >= 11 is 0. The summed E-state index contributed by atoms with van der Waals surface area (Å²) in [5, 5.41) is 2.94. The third-order valence-electron chi connectivity index (χ3n) is 4.40. The summed E-state index contributed by atoms with van der Waals surface area (Å²) < 4.78 is 11.5. The number of carbonyl (C=O) groups excluding carboxylic acids is 1. The summed E-state index contributed by atoms with van der Waals surface area (Å²) in [6, 6.07) is 9.36. The predicted octanol–water partition coefficient (Wildman–Crippen LogP) is 3.22. The third-order valence-corrected chi connectivity index (χ3v) is 4.40. The number of ether oxygens (including phenoxy) is 2. The van der Waals surface area contributed by atoms with E-state index in [0.717, 1.165) is 42.1 Å². The van der Waals surface area contributed by atoms with Crippen molar-refractivity contribution in [2.24, 2.45) is 0 Å². The van der Waals surface area contributed by atoms with E-state index in [9.17, 15) is 4.79 Å². The molecule has 124 valence electrons. The molecule has 2 aromatic rings. The molecule has 0 saturated carbocycles. The molecule has 0 unspecified atom stereocenters. The van der Waals surface area contributed by atoms with Crippen LogP contribution in [0.2, 0.25) is 0 Å². The predicted molar refractivity (Wildman–Crippen MR) is 89.4 cm³/mol. The lowest BCUT2D eigenvalue weighted by Gasteiger charge is -2.29. The number of hydrogen-bond acceptors (Lipinski definition) is 4. The van der Waals surface area contributed by atoms with Crippen LogP contribution >= 0.6 is 0 Å². The Bertz CT molecular complexity index is 736. The van der Waals surface area contributed by atoms with Crippen molar-refractivity contribution in [1.82, 2.24) is 9.88 Å². The molecule has 2 aliphatic rings. The fraction of sp³-hybridized carbons (Fsp3) is 0.333. The Balaban J connectivity index is 1.58. The Kier molecular flexibility index (Phi) is 3.94. The number of likely N-dealkylation sites (tertiary alicyclic amines) is 1. The molecule has 1 saturated heterocycles. The second-order valence-corrected chi connectivity index (χ2v) is 5.89. The van der Waals surface area contributed by atoms with E-state index in [1.807, 2.05) is 23.1 Å². The average Bonchev–Trinajstić information content (AvgIpc) is 3.12. The van der Waals surface area contributed by atoms with E-state index >= 15 is 0 Å². The molecule has 6 nitrogen and oxygen atoms in total. The zero-order valence-electron chi connectivity index (χ0n) is 13.3. The minimum absolute atomic E-state index is 0.00323. The third kappa shape index (κ3) is 2.75. The van der Waals surface area contributed by atoms with E-state index in [-0.39, 0.29) is 12.1 Å². The molecule has 6 heteroatoms. The Labute approximate surface area is 140 Å². The number of nitrogens with one attached hydrogen (secondary N) is 1. The van der Waals surface area contributed by atoms with Crippen LogP contribution in [-0.2, 0) is 0 Å². The highest BCUT2D eigenvalue weighted by Gasteiger charge is 2.33. The van der Waals surface area contributed by atoms with Crippen LogP contribution in [0.1, 0.15) is 24.4 Å². The topological polar surface area (TPSA) is 63.7 Å². The van der Waals surface area contributed by atoms with Gasteiger partial charge >= 0.3 is 6.03 Å². The first-order chi connectivity index (χ1) is 11.8. The normalized spacial score (nSPS) is 19.2. The van der Waals surface area contributed by atoms with Crippen LogP contribution in [0.15, 0.2) is 42.7 Å². The van der Waals surface area contributed by atoms with Gasteiger partial charge < -0.3 is 19.7 Å². The molecule has 1 aromatic heterocycles. The number of pyridine rings is 1. The summed E-state index contributed by atoms with van der Waals surface area (Å²) in [7, 11) is 0. The van der Waals surface area contributed by atoms with E-state index in [0.29, 0.717) is 13.2 Å². The van der Waals surface area contributed by atoms with E-state index in [1.165, 1.54) is 0 Å². The van der Waals surface area contributed by atoms with Gasteiger partial charge in [-0.1, -0.05) is 12.1 Å². The molecule has 1 N–H and O–H groups in total. The average molecular weight is 325 g/mol. The highest BCUT2D eigenvalue weighted by atomic mass is 16.6. The van der Waals surface area contributed by atoms with Crippen molar-refractivity contribution in [3.8, 4) is 11.5 Å². The van der Waals surface area contributed by atoms with Crippen LogP contribution in [0.5, 0.6) is 11.5 Å². The molecular formula is C18H19N3O3. The molecule has 1 atom stereocenters. The van der Waals surface area contributed by atoms with Crippen molar-refractivity contribution in [2.75, 3.05) is 25.1 Å². The zero-order valence-corrected chi connectivity index (χ0v) is 13.3. The Hall–Kier alpha value is -2.76. The molecule has 0 aliphatic carbocycles. The van der Waals surface area contributed by atoms with Gasteiger partial charge in [-0.25, -0.2) is 4.79 Å². The number of fused-ring (bicyclic) bond motifs is 1. The highest BCUT2D eigenvalue weighted by Crippen LogP contribution is 2.42. The Morgan fingerprint density at radius 3 is 2.88 bits per heavy atom. The van der Waals surface area contributed by atoms with Crippen LogP contribution in [0.4, 0.5) is 10.5 Å². The highest BCUT2D eigenvalue weighted by molar-refractivity contribution is 5.89. The second-order valence-electron chi connectivity index (χ2n) is 5.89. The monoisotopic (exact) mass is 325 g/mol. The Morgan fingerprint density at radius 2 is 2.00 bits per heavy atom. The van der Waals surface area contributed by atoms with Crippen LogP contribution in [0.3, 0.4) is 0 Å². The zero-order chi connectivity index (χ0) is 16.4. The number of nitrogens with zero attached hydrogens (tertiary/aromatic N) is 2. The van der Waals surface area contributed by atoms with Crippen molar-refractivity contribution in [3.63, 3.8) is 0 Å². The number of carbonyl (C=O) groups is 1. The summed E-state index contributed by atoms with van der Waals surface area (Å²) in [5.41, 5.74) is 1.77. The van der Waals surface area contributed by atoms with Crippen LogP contribution in [0, 0.1) is 0 Å². The van der Waals surface area contributed by atoms with Crippen molar-refractivity contribution >= 4 is 11.7 Å². The van der Waals surface area contributed by atoms with Crippen molar-refractivity contribution in [1.29, 1.82) is 0 Å². The van der Waals surface area contributed by atoms with Gasteiger partial charge in [-0.3, -0.25) is 4.98 Å². The van der Waals surface area contributed by atoms with E-state index in [4.69, 9.17) is 9.47 Å². The van der Waals surface area contributed by atoms with E-state index < -0.39 is 0 Å². The van der Waals surface area contributed by atoms with Crippen LogP contribution in [0.25, 0.3) is 0 Å². The molecule has 1 aromatic carbocycles. The first-order valence-corrected chi connectivity index (χ1v) is 8.19. The second kappa shape index (κ2) is 6.39. The van der Waals surface area contributed by atoms with Gasteiger partial charge in [0, 0.05) is 30.2 Å². The number of benzene rings is 1. The number of para-hydroxylation sites is 1. The maximum atomic E-state index is 12.7. The van der Waals surface area contributed by atoms with Crippen molar-refractivity contribution in [3.05, 3.63) is 48.3 Å². The van der Waals surface area contributed by atoms with Gasteiger partial charge in [-0.2, -0.15) is 0 Å². The molecule has 0 spiro atoms. The molecule has 2 aliphatic heterocycles.